The number of nitrogens with zero attached hydrogens (tertiary/aromatic N) is 1. The van der Waals surface area contributed by atoms with E-state index in [2.05, 4.69) is 4.98 Å². The molecule has 2 aromatic rings. The number of hydrogen-bond donors (Lipinski definition) is 1. The lowest BCUT2D eigenvalue weighted by Crippen LogP contribution is -1.95. The number of carboxylic acids is 1. The van der Waals surface area contributed by atoms with Crippen LogP contribution in [0.25, 0.3) is 10.6 Å². The first-order valence-corrected chi connectivity index (χ1v) is 5.30. The largest absolute Gasteiger partial charge is 0.476 e. The predicted octanol–water partition coefficient (Wildman–Crippen LogP) is 3.24. The van der Waals surface area contributed by atoms with Crippen LogP contribution < -0.4 is 0 Å². The van der Waals surface area contributed by atoms with Gasteiger partial charge in [-0.25, -0.2) is 9.78 Å². The van der Waals surface area contributed by atoms with Crippen LogP contribution in [0.5, 0.6) is 0 Å². The fraction of sp³-hybridized carbons (Fsp3) is 0.0909. The average molecular weight is 256 g/mol. The van der Waals surface area contributed by atoms with Crippen LogP contribution in [0.4, 0.5) is 0 Å². The molecule has 0 saturated carbocycles. The van der Waals surface area contributed by atoms with Gasteiger partial charge in [0.2, 0.25) is 0 Å². The van der Waals surface area contributed by atoms with E-state index >= 15 is 0 Å². The number of hydrogen-bond acceptors (Lipinski definition) is 3. The number of aromatic carboxylic acids is 1. The van der Waals surface area contributed by atoms with E-state index in [9.17, 15) is 4.79 Å². The van der Waals surface area contributed by atoms with Crippen LogP contribution in [0.1, 0.15) is 16.1 Å². The first-order valence-electron chi connectivity index (χ1n) is 4.42. The van der Waals surface area contributed by atoms with Crippen molar-refractivity contribution in [3.8, 4) is 10.6 Å². The molecule has 0 aliphatic rings. The van der Waals surface area contributed by atoms with Crippen LogP contribution in [-0.2, 0) is 0 Å². The van der Waals surface area contributed by atoms with Gasteiger partial charge >= 0.3 is 5.97 Å². The molecule has 0 bridgehead atoms. The van der Waals surface area contributed by atoms with E-state index in [0.717, 1.165) is 10.6 Å². The van der Waals surface area contributed by atoms with Crippen molar-refractivity contribution in [3.63, 3.8) is 0 Å². The maximum atomic E-state index is 10.6. The standard InChI is InChI=1S/C11H9NO2S.ClH/c1-7-2-4-8(5-3-7)10-12-9(6-15-10)11(13)14;/h2-6H,1H3,(H,13,14);1H. The Morgan fingerprint density at radius 2 is 1.94 bits per heavy atom. The van der Waals surface area contributed by atoms with E-state index in [1.54, 1.807) is 5.38 Å². The molecule has 0 spiro atoms. The minimum absolute atomic E-state index is 0. The number of halogens is 1. The molecule has 0 saturated heterocycles. The molecule has 5 heteroatoms. The highest BCUT2D eigenvalue weighted by Crippen LogP contribution is 2.23. The van der Waals surface area contributed by atoms with Crippen LogP contribution >= 0.6 is 23.7 Å². The van der Waals surface area contributed by atoms with Crippen molar-refractivity contribution in [1.29, 1.82) is 0 Å². The van der Waals surface area contributed by atoms with E-state index in [-0.39, 0.29) is 18.1 Å². The van der Waals surface area contributed by atoms with Gasteiger partial charge in [-0.3, -0.25) is 0 Å². The summed E-state index contributed by atoms with van der Waals surface area (Å²) in [6, 6.07) is 7.86. The van der Waals surface area contributed by atoms with Gasteiger partial charge in [-0.2, -0.15) is 0 Å². The molecular weight excluding hydrogens is 246 g/mol. The molecule has 0 amide bonds. The Kier molecular flexibility index (Phi) is 4.04. The summed E-state index contributed by atoms with van der Waals surface area (Å²) in [4.78, 5) is 14.7. The van der Waals surface area contributed by atoms with Gasteiger partial charge < -0.3 is 5.11 Å². The van der Waals surface area contributed by atoms with E-state index in [4.69, 9.17) is 5.11 Å². The average Bonchev–Trinajstić information content (AvgIpc) is 2.68. The third-order valence-electron chi connectivity index (χ3n) is 2.02. The van der Waals surface area contributed by atoms with Crippen molar-refractivity contribution >= 4 is 29.7 Å². The summed E-state index contributed by atoms with van der Waals surface area (Å²) in [6.45, 7) is 2.01. The molecule has 0 radical (unpaired) electrons. The number of rotatable bonds is 2. The summed E-state index contributed by atoms with van der Waals surface area (Å²) in [5, 5.41) is 11.0. The Labute approximate surface area is 103 Å². The minimum atomic E-state index is -0.982. The highest BCUT2D eigenvalue weighted by atomic mass is 35.5. The predicted molar refractivity (Wildman–Crippen MR) is 66.5 cm³/mol. The summed E-state index contributed by atoms with van der Waals surface area (Å²) in [5.41, 5.74) is 2.24. The number of thiazole rings is 1. The zero-order valence-electron chi connectivity index (χ0n) is 8.51. The molecule has 1 aromatic heterocycles. The summed E-state index contributed by atoms with van der Waals surface area (Å²) in [6.07, 6.45) is 0. The second-order valence-electron chi connectivity index (χ2n) is 3.21. The van der Waals surface area contributed by atoms with E-state index < -0.39 is 5.97 Å². The quantitative estimate of drug-likeness (QED) is 0.896. The van der Waals surface area contributed by atoms with Gasteiger partial charge in [0.1, 0.15) is 5.01 Å². The van der Waals surface area contributed by atoms with Crippen molar-refractivity contribution in [2.24, 2.45) is 0 Å². The van der Waals surface area contributed by atoms with Gasteiger partial charge in [0.05, 0.1) is 0 Å². The topological polar surface area (TPSA) is 50.2 Å². The van der Waals surface area contributed by atoms with Crippen molar-refractivity contribution in [3.05, 3.63) is 40.9 Å². The molecule has 0 fully saturated rings. The zero-order chi connectivity index (χ0) is 10.8. The Morgan fingerprint density at radius 3 is 2.44 bits per heavy atom. The number of carbonyl (C=O) groups is 1. The van der Waals surface area contributed by atoms with E-state index in [0.29, 0.717) is 0 Å². The number of aryl methyl sites for hydroxylation is 1. The van der Waals surface area contributed by atoms with Gasteiger partial charge in [-0.15, -0.1) is 23.7 Å². The van der Waals surface area contributed by atoms with Crippen molar-refractivity contribution in [2.45, 2.75) is 6.92 Å². The summed E-state index contributed by atoms with van der Waals surface area (Å²) < 4.78 is 0. The maximum absolute atomic E-state index is 10.6. The molecule has 0 aliphatic heterocycles. The van der Waals surface area contributed by atoms with Crippen LogP contribution in [0.2, 0.25) is 0 Å². The Balaban J connectivity index is 0.00000128. The summed E-state index contributed by atoms with van der Waals surface area (Å²) in [5.74, 6) is -0.982. The van der Waals surface area contributed by atoms with Gasteiger partial charge in [-0.05, 0) is 6.92 Å². The lowest BCUT2D eigenvalue weighted by atomic mass is 10.2. The first-order chi connectivity index (χ1) is 7.16. The molecule has 1 N–H and O–H groups in total. The molecule has 0 aliphatic carbocycles. The molecular formula is C11H10ClNO2S. The lowest BCUT2D eigenvalue weighted by Gasteiger charge is -1.96. The monoisotopic (exact) mass is 255 g/mol. The molecule has 1 aromatic carbocycles. The SMILES string of the molecule is Cc1ccc(-c2nc(C(=O)O)cs2)cc1.Cl. The first kappa shape index (κ1) is 12.7. The molecule has 1 heterocycles. The van der Waals surface area contributed by atoms with Crippen LogP contribution in [0.15, 0.2) is 29.6 Å². The second-order valence-corrected chi connectivity index (χ2v) is 4.07. The third-order valence-corrected chi connectivity index (χ3v) is 2.91. The zero-order valence-corrected chi connectivity index (χ0v) is 10.1. The summed E-state index contributed by atoms with van der Waals surface area (Å²) >= 11 is 1.34. The number of carboxylic acid groups (broad SMARTS) is 1. The van der Waals surface area contributed by atoms with Gasteiger partial charge in [0.15, 0.2) is 5.69 Å². The van der Waals surface area contributed by atoms with E-state index in [1.165, 1.54) is 16.9 Å². The second kappa shape index (κ2) is 5.09. The normalized spacial score (nSPS) is 9.56. The Hall–Kier alpha value is -1.39. The fourth-order valence-corrected chi connectivity index (χ4v) is 2.00. The lowest BCUT2D eigenvalue weighted by molar-refractivity contribution is 0.0691. The van der Waals surface area contributed by atoms with Crippen molar-refractivity contribution in [1.82, 2.24) is 4.98 Å². The van der Waals surface area contributed by atoms with Crippen molar-refractivity contribution in [2.75, 3.05) is 0 Å². The highest BCUT2D eigenvalue weighted by molar-refractivity contribution is 7.13. The van der Waals surface area contributed by atoms with Crippen LogP contribution in [0.3, 0.4) is 0 Å². The molecule has 2 rings (SSSR count). The maximum Gasteiger partial charge on any atom is 0.355 e. The van der Waals surface area contributed by atoms with Gasteiger partial charge in [-0.1, -0.05) is 29.8 Å². The highest BCUT2D eigenvalue weighted by Gasteiger charge is 2.09. The Morgan fingerprint density at radius 1 is 1.31 bits per heavy atom. The number of aromatic nitrogens is 1. The molecule has 0 unspecified atom stereocenters. The molecule has 84 valence electrons. The molecule has 16 heavy (non-hydrogen) atoms. The Bertz CT molecular complexity index is 493. The molecule has 0 atom stereocenters. The van der Waals surface area contributed by atoms with Crippen LogP contribution in [-0.4, -0.2) is 16.1 Å². The van der Waals surface area contributed by atoms with E-state index in [1.807, 2.05) is 31.2 Å². The fourth-order valence-electron chi connectivity index (χ4n) is 1.20. The van der Waals surface area contributed by atoms with Crippen molar-refractivity contribution < 1.29 is 9.90 Å². The van der Waals surface area contributed by atoms with Crippen LogP contribution in [0, 0.1) is 6.92 Å². The van der Waals surface area contributed by atoms with Gasteiger partial charge in [0, 0.05) is 10.9 Å². The smallest absolute Gasteiger partial charge is 0.355 e. The number of benzene rings is 1. The minimum Gasteiger partial charge on any atom is -0.476 e. The molecule has 3 nitrogen and oxygen atoms in total. The van der Waals surface area contributed by atoms with Gasteiger partial charge in [0.25, 0.3) is 0 Å². The summed E-state index contributed by atoms with van der Waals surface area (Å²) in [7, 11) is 0. The third kappa shape index (κ3) is 2.59.